The Morgan fingerprint density at radius 2 is 1.62 bits per heavy atom. The normalized spacial score (nSPS) is 10.7. The zero-order valence-corrected chi connectivity index (χ0v) is 11.9. The van der Waals surface area contributed by atoms with Crippen LogP contribution in [0.25, 0.3) is 0 Å². The number of hydrogen-bond donors (Lipinski definition) is 2. The minimum absolute atomic E-state index is 0. The molecule has 1 aromatic carbocycles. The molecule has 0 aliphatic rings. The quantitative estimate of drug-likeness (QED) is 0.424. The van der Waals surface area contributed by atoms with Crippen molar-refractivity contribution in [1.82, 2.24) is 0 Å². The molecule has 0 spiro atoms. The number of aromatic hydroxyl groups is 2. The van der Waals surface area contributed by atoms with Crippen molar-refractivity contribution in [2.75, 3.05) is 0 Å². The minimum Gasteiger partial charge on any atom is -0.545 e. The van der Waals surface area contributed by atoms with Crippen LogP contribution in [-0.4, -0.2) is 16.2 Å². The molecule has 0 saturated heterocycles. The molecule has 82 valence electrons. The van der Waals surface area contributed by atoms with Gasteiger partial charge in [-0.3, -0.25) is 0 Å². The largest absolute Gasteiger partial charge is 1.00 e. The maximum Gasteiger partial charge on any atom is 1.00 e. The Hall–Kier alpha value is -0.710. The Kier molecular flexibility index (Phi) is 4.85. The molecule has 0 bridgehead atoms. The zero-order chi connectivity index (χ0) is 11.8. The van der Waals surface area contributed by atoms with E-state index < -0.39 is 17.1 Å². The molecule has 0 fully saturated rings. The van der Waals surface area contributed by atoms with E-state index in [4.69, 9.17) is 0 Å². The Labute approximate surface area is 116 Å². The fourth-order valence-corrected chi connectivity index (χ4v) is 1.55. The van der Waals surface area contributed by atoms with Crippen molar-refractivity contribution in [3.05, 3.63) is 23.3 Å². The number of carbonyl (C=O) groups excluding carboxylic acids is 1. The number of phenols is 2. The molecule has 5 heteroatoms. The molecule has 0 atom stereocenters. The van der Waals surface area contributed by atoms with Gasteiger partial charge in [0.2, 0.25) is 0 Å². The topological polar surface area (TPSA) is 80.6 Å². The first-order chi connectivity index (χ1) is 6.75. The van der Waals surface area contributed by atoms with Crippen LogP contribution in [0.5, 0.6) is 11.5 Å². The second kappa shape index (κ2) is 5.08. The Bertz CT molecular complexity index is 407. The molecule has 0 amide bonds. The van der Waals surface area contributed by atoms with Gasteiger partial charge in [-0.25, -0.2) is 0 Å². The van der Waals surface area contributed by atoms with Gasteiger partial charge in [0.15, 0.2) is 0 Å². The summed E-state index contributed by atoms with van der Waals surface area (Å²) in [5.41, 5.74) is -0.747. The van der Waals surface area contributed by atoms with E-state index in [1.807, 2.05) is 0 Å². The number of carboxylic acids is 1. The molecule has 0 aliphatic carbocycles. The van der Waals surface area contributed by atoms with E-state index in [9.17, 15) is 20.1 Å². The maximum absolute atomic E-state index is 10.9. The molecule has 0 radical (unpaired) electrons. The van der Waals surface area contributed by atoms with Crippen molar-refractivity contribution in [3.8, 4) is 11.5 Å². The van der Waals surface area contributed by atoms with Crippen LogP contribution in [0, 0.1) is 0 Å². The SMILES string of the molecule is CC(C)(C)c1c(O)ccc(O)c1C(=O)[O-].[Na+]. The van der Waals surface area contributed by atoms with Gasteiger partial charge in [-0.1, -0.05) is 20.8 Å². The van der Waals surface area contributed by atoms with Gasteiger partial charge in [0.05, 0.1) is 5.97 Å². The Morgan fingerprint density at radius 3 is 1.94 bits per heavy atom. The Morgan fingerprint density at radius 1 is 1.19 bits per heavy atom. The van der Waals surface area contributed by atoms with Gasteiger partial charge in [-0.05, 0) is 17.5 Å². The number of carbonyl (C=O) groups is 1. The summed E-state index contributed by atoms with van der Waals surface area (Å²) in [7, 11) is 0. The summed E-state index contributed by atoms with van der Waals surface area (Å²) in [6.45, 7) is 5.23. The molecule has 0 aromatic heterocycles. The summed E-state index contributed by atoms with van der Waals surface area (Å²) in [5, 5.41) is 29.9. The number of aromatic carboxylic acids is 1. The monoisotopic (exact) mass is 232 g/mol. The third-order valence-corrected chi connectivity index (χ3v) is 2.12. The van der Waals surface area contributed by atoms with Crippen molar-refractivity contribution in [3.63, 3.8) is 0 Å². The second-order valence-electron chi connectivity index (χ2n) is 4.39. The number of phenolic OH excluding ortho intramolecular Hbond substituents is 1. The summed E-state index contributed by atoms with van der Waals surface area (Å²) in [6, 6.07) is 2.40. The predicted molar refractivity (Wildman–Crippen MR) is 52.8 cm³/mol. The predicted octanol–water partition coefficient (Wildman–Crippen LogP) is -2.24. The van der Waals surface area contributed by atoms with Crippen LogP contribution in [0.15, 0.2) is 12.1 Å². The molecule has 4 nitrogen and oxygen atoms in total. The summed E-state index contributed by atoms with van der Waals surface area (Å²) >= 11 is 0. The van der Waals surface area contributed by atoms with Crippen LogP contribution in [-0.2, 0) is 5.41 Å². The van der Waals surface area contributed by atoms with Gasteiger partial charge in [-0.15, -0.1) is 0 Å². The molecular weight excluding hydrogens is 219 g/mol. The van der Waals surface area contributed by atoms with Gasteiger partial charge in [0.1, 0.15) is 11.5 Å². The van der Waals surface area contributed by atoms with Gasteiger partial charge in [0, 0.05) is 11.1 Å². The van der Waals surface area contributed by atoms with Crippen molar-refractivity contribution in [1.29, 1.82) is 0 Å². The molecule has 16 heavy (non-hydrogen) atoms. The number of hydrogen-bond acceptors (Lipinski definition) is 4. The van der Waals surface area contributed by atoms with Crippen LogP contribution in [0.2, 0.25) is 0 Å². The summed E-state index contributed by atoms with van der Waals surface area (Å²) in [4.78, 5) is 10.9. The zero-order valence-electron chi connectivity index (χ0n) is 9.87. The van der Waals surface area contributed by atoms with Gasteiger partial charge in [0.25, 0.3) is 0 Å². The molecule has 0 saturated carbocycles. The van der Waals surface area contributed by atoms with Crippen molar-refractivity contribution in [2.24, 2.45) is 0 Å². The standard InChI is InChI=1S/C11H14O4.Na/c1-11(2,3)9-7(13)5-4-6(12)8(9)10(14)15;/h4-5,12-13H,1-3H3,(H,14,15);/q;+1/p-1. The Balaban J connectivity index is 0.00000225. The third-order valence-electron chi connectivity index (χ3n) is 2.12. The molecule has 0 aliphatic heterocycles. The number of carboxylic acid groups (broad SMARTS) is 1. The van der Waals surface area contributed by atoms with E-state index in [1.54, 1.807) is 20.8 Å². The second-order valence-corrected chi connectivity index (χ2v) is 4.39. The molecule has 1 rings (SSSR count). The van der Waals surface area contributed by atoms with Crippen LogP contribution in [0.4, 0.5) is 0 Å². The van der Waals surface area contributed by atoms with Gasteiger partial charge in [-0.2, -0.15) is 0 Å². The number of rotatable bonds is 1. The molecule has 2 N–H and O–H groups in total. The van der Waals surface area contributed by atoms with E-state index in [-0.39, 0.29) is 46.4 Å². The average molecular weight is 232 g/mol. The first-order valence-electron chi connectivity index (χ1n) is 4.52. The minimum atomic E-state index is -1.49. The first kappa shape index (κ1) is 15.3. The number of benzene rings is 1. The molecule has 0 heterocycles. The molecule has 0 unspecified atom stereocenters. The fraction of sp³-hybridized carbons (Fsp3) is 0.364. The summed E-state index contributed by atoms with van der Waals surface area (Å²) in [5.74, 6) is -2.04. The molecule has 1 aromatic rings. The molecular formula is C11H13NaO4. The average Bonchev–Trinajstić information content (AvgIpc) is 2.05. The van der Waals surface area contributed by atoms with Gasteiger partial charge >= 0.3 is 29.6 Å². The van der Waals surface area contributed by atoms with Gasteiger partial charge < -0.3 is 20.1 Å². The third kappa shape index (κ3) is 2.90. The van der Waals surface area contributed by atoms with Crippen LogP contribution < -0.4 is 34.7 Å². The maximum atomic E-state index is 10.9. The van der Waals surface area contributed by atoms with E-state index in [0.29, 0.717) is 0 Å². The summed E-state index contributed by atoms with van der Waals surface area (Å²) < 4.78 is 0. The van der Waals surface area contributed by atoms with E-state index in [0.717, 1.165) is 6.07 Å². The van der Waals surface area contributed by atoms with Crippen molar-refractivity contribution in [2.45, 2.75) is 26.2 Å². The smallest absolute Gasteiger partial charge is 0.545 e. The summed E-state index contributed by atoms with van der Waals surface area (Å²) in [6.07, 6.45) is 0. The van der Waals surface area contributed by atoms with E-state index in [2.05, 4.69) is 0 Å². The van der Waals surface area contributed by atoms with E-state index >= 15 is 0 Å². The fourth-order valence-electron chi connectivity index (χ4n) is 1.55. The van der Waals surface area contributed by atoms with E-state index in [1.165, 1.54) is 6.07 Å². The van der Waals surface area contributed by atoms with Crippen LogP contribution >= 0.6 is 0 Å². The van der Waals surface area contributed by atoms with Crippen LogP contribution in [0.3, 0.4) is 0 Å². The van der Waals surface area contributed by atoms with Crippen molar-refractivity contribution < 1.29 is 49.7 Å². The first-order valence-corrected chi connectivity index (χ1v) is 4.52. The van der Waals surface area contributed by atoms with Crippen LogP contribution in [0.1, 0.15) is 36.7 Å². The van der Waals surface area contributed by atoms with Crippen molar-refractivity contribution >= 4 is 5.97 Å².